The van der Waals surface area contributed by atoms with E-state index in [2.05, 4.69) is 5.32 Å². The number of amides is 2. The normalized spacial score (nSPS) is 23.9. The first kappa shape index (κ1) is 16.8. The maximum Gasteiger partial charge on any atom is 0.329 e. The Kier molecular flexibility index (Phi) is 5.80. The summed E-state index contributed by atoms with van der Waals surface area (Å²) in [5.41, 5.74) is -1.06. The minimum Gasteiger partial charge on any atom is -0.479 e. The van der Waals surface area contributed by atoms with Gasteiger partial charge in [-0.15, -0.1) is 0 Å². The van der Waals surface area contributed by atoms with E-state index in [0.29, 0.717) is 26.0 Å². The summed E-state index contributed by atoms with van der Waals surface area (Å²) in [6.07, 6.45) is 1.67. The summed E-state index contributed by atoms with van der Waals surface area (Å²) in [6.45, 7) is 6.72. The number of hydrogen-bond donors (Lipinski definition) is 2. The lowest BCUT2D eigenvalue weighted by Crippen LogP contribution is -2.58. The van der Waals surface area contributed by atoms with Crippen LogP contribution in [-0.4, -0.2) is 53.8 Å². The molecule has 2 atom stereocenters. The molecule has 1 aliphatic rings. The van der Waals surface area contributed by atoms with E-state index in [1.807, 2.05) is 20.8 Å². The highest BCUT2D eigenvalue weighted by atomic mass is 16.5. The van der Waals surface area contributed by atoms with E-state index in [0.717, 1.165) is 6.42 Å². The molecule has 6 nitrogen and oxygen atoms in total. The largest absolute Gasteiger partial charge is 0.479 e. The molecule has 2 unspecified atom stereocenters. The summed E-state index contributed by atoms with van der Waals surface area (Å²) < 4.78 is 5.11. The topological polar surface area (TPSA) is 78.9 Å². The molecule has 6 heteroatoms. The van der Waals surface area contributed by atoms with Crippen molar-refractivity contribution in [2.24, 2.45) is 5.92 Å². The van der Waals surface area contributed by atoms with Crippen molar-refractivity contribution in [2.75, 3.05) is 20.3 Å². The number of nitrogens with zero attached hydrogens (tertiary/aromatic N) is 1. The highest BCUT2D eigenvalue weighted by Crippen LogP contribution is 2.32. The number of hydrogen-bond acceptors (Lipinski definition) is 3. The molecular formula is C14H26N2O4. The van der Waals surface area contributed by atoms with Crippen LogP contribution in [0.3, 0.4) is 0 Å². The molecule has 2 N–H and O–H groups in total. The van der Waals surface area contributed by atoms with Crippen LogP contribution in [0, 0.1) is 5.92 Å². The maximum atomic E-state index is 12.4. The number of rotatable bonds is 6. The molecule has 116 valence electrons. The van der Waals surface area contributed by atoms with Crippen molar-refractivity contribution in [3.63, 3.8) is 0 Å². The molecule has 20 heavy (non-hydrogen) atoms. The fourth-order valence-electron chi connectivity index (χ4n) is 2.73. The lowest BCUT2D eigenvalue weighted by Gasteiger charge is -2.35. The second-order valence-electron chi connectivity index (χ2n) is 5.70. The molecule has 0 saturated carbocycles. The zero-order valence-electron chi connectivity index (χ0n) is 12.8. The van der Waals surface area contributed by atoms with Crippen LogP contribution in [0.15, 0.2) is 0 Å². The van der Waals surface area contributed by atoms with Gasteiger partial charge in [-0.2, -0.15) is 0 Å². The van der Waals surface area contributed by atoms with Crippen molar-refractivity contribution in [1.29, 1.82) is 0 Å². The van der Waals surface area contributed by atoms with Gasteiger partial charge in [-0.05, 0) is 25.2 Å². The number of methoxy groups -OCH3 is 1. The third-order valence-electron chi connectivity index (χ3n) is 4.18. The molecule has 1 heterocycles. The Morgan fingerprint density at radius 3 is 2.55 bits per heavy atom. The number of nitrogens with one attached hydrogen (secondary N) is 1. The molecule has 0 radical (unpaired) electrons. The van der Waals surface area contributed by atoms with Gasteiger partial charge in [0.25, 0.3) is 0 Å². The summed E-state index contributed by atoms with van der Waals surface area (Å²) in [7, 11) is 1.59. The molecule has 2 amide bonds. The van der Waals surface area contributed by atoms with Crippen molar-refractivity contribution in [1.82, 2.24) is 10.2 Å². The van der Waals surface area contributed by atoms with Gasteiger partial charge in [0.05, 0.1) is 12.6 Å². The molecule has 1 fully saturated rings. The smallest absolute Gasteiger partial charge is 0.329 e. The Hall–Kier alpha value is -1.30. The zero-order chi connectivity index (χ0) is 15.3. The van der Waals surface area contributed by atoms with E-state index in [-0.39, 0.29) is 18.0 Å². The van der Waals surface area contributed by atoms with E-state index >= 15 is 0 Å². The van der Waals surface area contributed by atoms with Gasteiger partial charge in [-0.25, -0.2) is 9.59 Å². The van der Waals surface area contributed by atoms with Gasteiger partial charge in [0.15, 0.2) is 0 Å². The summed E-state index contributed by atoms with van der Waals surface area (Å²) in [5, 5.41) is 12.4. The van der Waals surface area contributed by atoms with Crippen LogP contribution >= 0.6 is 0 Å². The van der Waals surface area contributed by atoms with Gasteiger partial charge in [0.1, 0.15) is 5.54 Å². The lowest BCUT2D eigenvalue weighted by atomic mass is 9.93. The Morgan fingerprint density at radius 2 is 2.10 bits per heavy atom. The third kappa shape index (κ3) is 3.23. The first-order chi connectivity index (χ1) is 9.39. The molecule has 0 bridgehead atoms. The van der Waals surface area contributed by atoms with E-state index in [1.54, 1.807) is 7.11 Å². The number of likely N-dealkylation sites (tertiary alicyclic amines) is 1. The Labute approximate surface area is 120 Å². The van der Waals surface area contributed by atoms with Gasteiger partial charge in [0, 0.05) is 13.7 Å². The van der Waals surface area contributed by atoms with Gasteiger partial charge in [-0.3, -0.25) is 0 Å². The highest BCUT2D eigenvalue weighted by Gasteiger charge is 2.48. The monoisotopic (exact) mass is 286 g/mol. The molecule has 0 aromatic rings. The van der Waals surface area contributed by atoms with Gasteiger partial charge in [-0.1, -0.05) is 20.8 Å². The van der Waals surface area contributed by atoms with Gasteiger partial charge in [0.2, 0.25) is 0 Å². The molecule has 0 aromatic carbocycles. The second kappa shape index (κ2) is 6.92. The van der Waals surface area contributed by atoms with Crippen LogP contribution in [0.25, 0.3) is 0 Å². The summed E-state index contributed by atoms with van der Waals surface area (Å²) >= 11 is 0. The van der Waals surface area contributed by atoms with Crippen molar-refractivity contribution in [3.05, 3.63) is 0 Å². The first-order valence-corrected chi connectivity index (χ1v) is 7.19. The SMILES string of the molecule is CCC1(C(=O)O)CCCN1C(=O)NC(COC)C(C)C. The number of carboxylic acids is 1. The molecule has 1 saturated heterocycles. The summed E-state index contributed by atoms with van der Waals surface area (Å²) in [6, 6.07) is -0.418. The number of urea groups is 1. The Morgan fingerprint density at radius 1 is 1.45 bits per heavy atom. The molecular weight excluding hydrogens is 260 g/mol. The fraction of sp³-hybridized carbons (Fsp3) is 0.857. The number of carbonyl (C=O) groups excluding carboxylic acids is 1. The predicted octanol–water partition coefficient (Wildman–Crippen LogP) is 1.70. The van der Waals surface area contributed by atoms with Crippen molar-refractivity contribution < 1.29 is 19.4 Å². The van der Waals surface area contributed by atoms with E-state index in [4.69, 9.17) is 4.74 Å². The quantitative estimate of drug-likeness (QED) is 0.779. The van der Waals surface area contributed by atoms with Crippen molar-refractivity contribution in [3.8, 4) is 0 Å². The number of aliphatic carboxylic acids is 1. The van der Waals surface area contributed by atoms with E-state index in [9.17, 15) is 14.7 Å². The number of carbonyl (C=O) groups is 2. The average molecular weight is 286 g/mol. The first-order valence-electron chi connectivity index (χ1n) is 7.19. The lowest BCUT2D eigenvalue weighted by molar-refractivity contribution is -0.148. The minimum absolute atomic E-state index is 0.114. The highest BCUT2D eigenvalue weighted by molar-refractivity contribution is 5.87. The minimum atomic E-state index is -1.06. The molecule has 0 aliphatic carbocycles. The fourth-order valence-corrected chi connectivity index (χ4v) is 2.73. The standard InChI is InChI=1S/C14H26N2O4/c1-5-14(12(17)18)7-6-8-16(14)13(19)15-11(9-20-4)10(2)3/h10-11H,5-9H2,1-4H3,(H,15,19)(H,17,18). The maximum absolute atomic E-state index is 12.4. The van der Waals surface area contributed by atoms with Crippen LogP contribution in [-0.2, 0) is 9.53 Å². The van der Waals surface area contributed by atoms with Gasteiger partial charge < -0.3 is 20.1 Å². The summed E-state index contributed by atoms with van der Waals surface area (Å²) in [5.74, 6) is -0.692. The summed E-state index contributed by atoms with van der Waals surface area (Å²) in [4.78, 5) is 25.5. The van der Waals surface area contributed by atoms with Crippen LogP contribution in [0.5, 0.6) is 0 Å². The number of carboxylic acid groups (broad SMARTS) is 1. The van der Waals surface area contributed by atoms with E-state index in [1.165, 1.54) is 4.90 Å². The van der Waals surface area contributed by atoms with Crippen LogP contribution in [0.1, 0.15) is 40.0 Å². The molecule has 0 spiro atoms. The van der Waals surface area contributed by atoms with Crippen LogP contribution in [0.2, 0.25) is 0 Å². The van der Waals surface area contributed by atoms with Crippen molar-refractivity contribution >= 4 is 12.0 Å². The van der Waals surface area contributed by atoms with Crippen LogP contribution in [0.4, 0.5) is 4.79 Å². The second-order valence-corrected chi connectivity index (χ2v) is 5.70. The van der Waals surface area contributed by atoms with Crippen molar-refractivity contribution in [2.45, 2.75) is 51.6 Å². The third-order valence-corrected chi connectivity index (χ3v) is 4.18. The zero-order valence-corrected chi connectivity index (χ0v) is 12.8. The predicted molar refractivity (Wildman–Crippen MR) is 75.6 cm³/mol. The van der Waals surface area contributed by atoms with E-state index < -0.39 is 11.5 Å². The average Bonchev–Trinajstić information content (AvgIpc) is 2.83. The Bertz CT molecular complexity index is 359. The Balaban J connectivity index is 2.82. The molecule has 1 rings (SSSR count). The molecule has 0 aromatic heterocycles. The molecule has 1 aliphatic heterocycles. The van der Waals surface area contributed by atoms with Crippen LogP contribution < -0.4 is 5.32 Å². The number of ether oxygens (including phenoxy) is 1. The van der Waals surface area contributed by atoms with Gasteiger partial charge >= 0.3 is 12.0 Å².